The summed E-state index contributed by atoms with van der Waals surface area (Å²) in [6.07, 6.45) is 1.86. The molecule has 0 saturated heterocycles. The van der Waals surface area contributed by atoms with Gasteiger partial charge in [-0.15, -0.1) is 12.4 Å². The van der Waals surface area contributed by atoms with Crippen LogP contribution < -0.4 is 10.5 Å². The van der Waals surface area contributed by atoms with E-state index in [0.717, 1.165) is 25.0 Å². The fraction of sp³-hybridized carbons (Fsp3) is 0.500. The molecule has 3 N–H and O–H groups in total. The van der Waals surface area contributed by atoms with E-state index in [1.807, 2.05) is 0 Å². The van der Waals surface area contributed by atoms with Crippen LogP contribution in [0.3, 0.4) is 0 Å². The van der Waals surface area contributed by atoms with Gasteiger partial charge in [-0.25, -0.2) is 17.5 Å². The lowest BCUT2D eigenvalue weighted by Gasteiger charge is -2.29. The van der Waals surface area contributed by atoms with Gasteiger partial charge in [0.25, 0.3) is 0 Å². The lowest BCUT2D eigenvalue weighted by atomic mass is 9.98. The van der Waals surface area contributed by atoms with Gasteiger partial charge in [0.2, 0.25) is 10.0 Å². The van der Waals surface area contributed by atoms with Gasteiger partial charge in [-0.05, 0) is 43.9 Å². The molecule has 0 aromatic heterocycles. The third kappa shape index (κ3) is 3.62. The molecular formula is C12H17Cl2FN2O2S. The lowest BCUT2D eigenvalue weighted by molar-refractivity contribution is 0.373. The Labute approximate surface area is 129 Å². The predicted octanol–water partition coefficient (Wildman–Crippen LogP) is 2.31. The topological polar surface area (TPSA) is 72.2 Å². The highest BCUT2D eigenvalue weighted by molar-refractivity contribution is 7.89. The quantitative estimate of drug-likeness (QED) is 0.862. The van der Waals surface area contributed by atoms with Crippen LogP contribution in [0.5, 0.6) is 0 Å². The van der Waals surface area contributed by atoms with Crippen molar-refractivity contribution in [3.05, 3.63) is 29.0 Å². The largest absolute Gasteiger partial charge is 0.329 e. The van der Waals surface area contributed by atoms with Gasteiger partial charge < -0.3 is 5.73 Å². The van der Waals surface area contributed by atoms with Crippen molar-refractivity contribution in [1.82, 2.24) is 4.72 Å². The summed E-state index contributed by atoms with van der Waals surface area (Å²) in [6, 6.07) is 3.48. The molecule has 8 heteroatoms. The van der Waals surface area contributed by atoms with Crippen molar-refractivity contribution >= 4 is 34.0 Å². The highest BCUT2D eigenvalue weighted by Gasteiger charge is 2.43. The van der Waals surface area contributed by atoms with Gasteiger partial charge in [-0.3, -0.25) is 0 Å². The summed E-state index contributed by atoms with van der Waals surface area (Å²) >= 11 is 5.61. The minimum absolute atomic E-state index is 0. The van der Waals surface area contributed by atoms with E-state index in [0.29, 0.717) is 0 Å². The van der Waals surface area contributed by atoms with Crippen molar-refractivity contribution in [2.45, 2.75) is 30.2 Å². The fourth-order valence-electron chi connectivity index (χ4n) is 2.07. The van der Waals surface area contributed by atoms with E-state index in [9.17, 15) is 12.8 Å². The number of rotatable bonds is 5. The van der Waals surface area contributed by atoms with Crippen LogP contribution >= 0.6 is 24.0 Å². The van der Waals surface area contributed by atoms with E-state index in [1.165, 1.54) is 6.07 Å². The number of hydrogen-bond acceptors (Lipinski definition) is 3. The second kappa shape index (κ2) is 6.15. The smallest absolute Gasteiger partial charge is 0.244 e. The molecule has 0 aliphatic heterocycles. The van der Waals surface area contributed by atoms with Crippen molar-refractivity contribution < 1.29 is 12.8 Å². The molecule has 0 bridgehead atoms. The van der Waals surface area contributed by atoms with Crippen LogP contribution in [0.25, 0.3) is 0 Å². The summed E-state index contributed by atoms with van der Waals surface area (Å²) in [5.74, 6) is -0.655. The van der Waals surface area contributed by atoms with Gasteiger partial charge in [-0.1, -0.05) is 11.6 Å². The van der Waals surface area contributed by atoms with Gasteiger partial charge >= 0.3 is 0 Å². The SMILES string of the molecule is CC(CN)(NS(=O)(=O)c1ccc(Cl)cc1F)C1CC1.Cl. The van der Waals surface area contributed by atoms with Gasteiger partial charge in [0.1, 0.15) is 10.7 Å². The molecule has 0 amide bonds. The number of benzene rings is 1. The van der Waals surface area contributed by atoms with Crippen molar-refractivity contribution in [3.8, 4) is 0 Å². The normalized spacial score (nSPS) is 18.2. The number of sulfonamides is 1. The average molecular weight is 343 g/mol. The molecule has 1 aromatic rings. The fourth-order valence-corrected chi connectivity index (χ4v) is 3.76. The Kier molecular flexibility index (Phi) is 5.43. The van der Waals surface area contributed by atoms with Gasteiger partial charge in [-0.2, -0.15) is 0 Å². The molecule has 20 heavy (non-hydrogen) atoms. The zero-order valence-electron chi connectivity index (χ0n) is 10.9. The van der Waals surface area contributed by atoms with Crippen LogP contribution in [0, 0.1) is 11.7 Å². The number of nitrogens with one attached hydrogen (secondary N) is 1. The molecule has 1 aliphatic carbocycles. The highest BCUT2D eigenvalue weighted by atomic mass is 35.5. The molecule has 114 valence electrons. The molecule has 0 heterocycles. The van der Waals surface area contributed by atoms with Crippen LogP contribution in [0.4, 0.5) is 4.39 Å². The number of halogens is 3. The predicted molar refractivity (Wildman–Crippen MR) is 79.2 cm³/mol. The maximum atomic E-state index is 13.7. The zero-order chi connectivity index (χ0) is 14.3. The number of nitrogens with two attached hydrogens (primary N) is 1. The Hall–Kier alpha value is -0.400. The van der Waals surface area contributed by atoms with E-state index in [1.54, 1.807) is 6.92 Å². The summed E-state index contributed by atoms with van der Waals surface area (Å²) in [4.78, 5) is -0.405. The molecule has 4 nitrogen and oxygen atoms in total. The summed E-state index contributed by atoms with van der Waals surface area (Å²) in [5.41, 5.74) is 4.92. The molecule has 1 aromatic carbocycles. The van der Waals surface area contributed by atoms with Gasteiger partial charge in [0.05, 0.1) is 0 Å². The first kappa shape index (κ1) is 17.7. The van der Waals surface area contributed by atoms with Crippen molar-refractivity contribution in [2.75, 3.05) is 6.54 Å². The maximum absolute atomic E-state index is 13.7. The minimum Gasteiger partial charge on any atom is -0.329 e. The van der Waals surface area contributed by atoms with Crippen molar-refractivity contribution in [2.24, 2.45) is 11.7 Å². The van der Waals surface area contributed by atoms with E-state index in [2.05, 4.69) is 4.72 Å². The van der Waals surface area contributed by atoms with E-state index in [4.69, 9.17) is 17.3 Å². The third-order valence-electron chi connectivity index (χ3n) is 3.45. The summed E-state index contributed by atoms with van der Waals surface area (Å²) in [6.45, 7) is 1.92. The first-order chi connectivity index (χ1) is 8.78. The summed E-state index contributed by atoms with van der Waals surface area (Å²) in [7, 11) is -3.95. The van der Waals surface area contributed by atoms with Crippen LogP contribution in [-0.4, -0.2) is 20.5 Å². The van der Waals surface area contributed by atoms with Gasteiger partial charge in [0.15, 0.2) is 0 Å². The van der Waals surface area contributed by atoms with Crippen LogP contribution in [0.1, 0.15) is 19.8 Å². The Bertz CT molecular complexity index is 593. The van der Waals surface area contributed by atoms with E-state index in [-0.39, 0.29) is 29.9 Å². The molecule has 1 saturated carbocycles. The summed E-state index contributed by atoms with van der Waals surface area (Å²) in [5, 5.41) is 0.153. The molecular weight excluding hydrogens is 326 g/mol. The van der Waals surface area contributed by atoms with Crippen molar-refractivity contribution in [3.63, 3.8) is 0 Å². The van der Waals surface area contributed by atoms with E-state index < -0.39 is 26.3 Å². The first-order valence-corrected chi connectivity index (χ1v) is 7.84. The second-order valence-electron chi connectivity index (χ2n) is 5.08. The van der Waals surface area contributed by atoms with Crippen LogP contribution in [-0.2, 0) is 10.0 Å². The molecule has 1 atom stereocenters. The molecule has 2 rings (SSSR count). The second-order valence-corrected chi connectivity index (χ2v) is 7.16. The third-order valence-corrected chi connectivity index (χ3v) is 5.33. The minimum atomic E-state index is -3.95. The van der Waals surface area contributed by atoms with Crippen LogP contribution in [0.15, 0.2) is 23.1 Å². The lowest BCUT2D eigenvalue weighted by Crippen LogP contribution is -2.53. The zero-order valence-corrected chi connectivity index (χ0v) is 13.3. The Balaban J connectivity index is 0.00000200. The molecule has 1 aliphatic rings. The first-order valence-electron chi connectivity index (χ1n) is 5.97. The maximum Gasteiger partial charge on any atom is 0.244 e. The molecule has 0 radical (unpaired) electrons. The number of hydrogen-bond donors (Lipinski definition) is 2. The summed E-state index contributed by atoms with van der Waals surface area (Å²) < 4.78 is 40.7. The monoisotopic (exact) mass is 342 g/mol. The average Bonchev–Trinajstić information content (AvgIpc) is 3.11. The Morgan fingerprint density at radius 2 is 2.10 bits per heavy atom. The molecule has 1 unspecified atom stereocenters. The highest BCUT2D eigenvalue weighted by Crippen LogP contribution is 2.39. The molecule has 0 spiro atoms. The van der Waals surface area contributed by atoms with E-state index >= 15 is 0 Å². The van der Waals surface area contributed by atoms with Crippen molar-refractivity contribution in [1.29, 1.82) is 0 Å². The van der Waals surface area contributed by atoms with Crippen LogP contribution in [0.2, 0.25) is 5.02 Å². The Morgan fingerprint density at radius 3 is 2.55 bits per heavy atom. The van der Waals surface area contributed by atoms with Gasteiger partial charge in [0, 0.05) is 17.1 Å². The molecule has 1 fully saturated rings. The standard InChI is InChI=1S/C12H16ClFN2O2S.ClH/c1-12(7-15,8-2-3-8)16-19(17,18)11-5-4-9(13)6-10(11)14;/h4-6,8,16H,2-3,7,15H2,1H3;1H. The Morgan fingerprint density at radius 1 is 1.50 bits per heavy atom.